The van der Waals surface area contributed by atoms with Crippen LogP contribution in [0.4, 0.5) is 0 Å². The highest BCUT2D eigenvalue weighted by molar-refractivity contribution is 7.91. The molecule has 2 heterocycles. The van der Waals surface area contributed by atoms with Gasteiger partial charge in [-0.05, 0) is 37.1 Å². The number of carboxylic acid groups (broad SMARTS) is 1. The number of benzene rings is 1. The second-order valence-corrected chi connectivity index (χ2v) is 9.36. The molecule has 2 aliphatic rings. The maximum absolute atomic E-state index is 12.1. The molecule has 0 radical (unpaired) electrons. The van der Waals surface area contributed by atoms with Crippen molar-refractivity contribution >= 4 is 15.8 Å². The number of carbonyl (C=O) groups is 1. The molecule has 7 nitrogen and oxygen atoms in total. The third kappa shape index (κ3) is 4.36. The van der Waals surface area contributed by atoms with Gasteiger partial charge in [-0.1, -0.05) is 6.07 Å². The van der Waals surface area contributed by atoms with Crippen LogP contribution >= 0.6 is 0 Å². The molecule has 3 rings (SSSR count). The summed E-state index contributed by atoms with van der Waals surface area (Å²) < 4.78 is 30.1. The summed E-state index contributed by atoms with van der Waals surface area (Å²) in [5, 5.41) is 9.07. The number of nitrogens with zero attached hydrogens (tertiary/aromatic N) is 2. The SMILES string of the molecule is Cc1ccc(OCCN2CCN(CC(=O)O)[C@@H]3CS(=O)(=O)C[C@@H]32)cc1C. The van der Waals surface area contributed by atoms with Crippen molar-refractivity contribution in [2.45, 2.75) is 25.9 Å². The summed E-state index contributed by atoms with van der Waals surface area (Å²) in [6, 6.07) is 5.57. The van der Waals surface area contributed by atoms with E-state index in [0.29, 0.717) is 26.2 Å². The lowest BCUT2D eigenvalue weighted by Gasteiger charge is -2.43. The number of aryl methyl sites for hydroxylation is 2. The zero-order chi connectivity index (χ0) is 18.9. The summed E-state index contributed by atoms with van der Waals surface area (Å²) in [6.45, 7) is 6.31. The van der Waals surface area contributed by atoms with Crippen LogP contribution in [0.25, 0.3) is 0 Å². The number of piperazine rings is 1. The van der Waals surface area contributed by atoms with E-state index >= 15 is 0 Å². The van der Waals surface area contributed by atoms with Crippen molar-refractivity contribution in [3.63, 3.8) is 0 Å². The van der Waals surface area contributed by atoms with Gasteiger partial charge in [-0.25, -0.2) is 8.42 Å². The van der Waals surface area contributed by atoms with Crippen molar-refractivity contribution in [2.75, 3.05) is 44.3 Å². The monoisotopic (exact) mass is 382 g/mol. The summed E-state index contributed by atoms with van der Waals surface area (Å²) in [7, 11) is -3.14. The van der Waals surface area contributed by atoms with Crippen LogP contribution in [0.5, 0.6) is 5.75 Å². The van der Waals surface area contributed by atoms with Crippen LogP contribution in [-0.2, 0) is 14.6 Å². The van der Waals surface area contributed by atoms with Gasteiger partial charge >= 0.3 is 5.97 Å². The van der Waals surface area contributed by atoms with E-state index in [1.54, 1.807) is 4.90 Å². The summed E-state index contributed by atoms with van der Waals surface area (Å²) in [4.78, 5) is 15.0. The Labute approximate surface area is 154 Å². The van der Waals surface area contributed by atoms with Gasteiger partial charge in [0.2, 0.25) is 0 Å². The van der Waals surface area contributed by atoms with Crippen LogP contribution < -0.4 is 4.74 Å². The molecule has 0 aromatic heterocycles. The number of hydrogen-bond donors (Lipinski definition) is 1. The molecule has 2 atom stereocenters. The van der Waals surface area contributed by atoms with Gasteiger partial charge in [0.25, 0.3) is 0 Å². The first-order valence-corrected chi connectivity index (χ1v) is 10.7. The molecule has 0 saturated carbocycles. The molecule has 0 unspecified atom stereocenters. The minimum absolute atomic E-state index is 0.0411. The quantitative estimate of drug-likeness (QED) is 0.769. The molecule has 144 valence electrons. The number of hydrogen-bond acceptors (Lipinski definition) is 6. The largest absolute Gasteiger partial charge is 0.492 e. The maximum Gasteiger partial charge on any atom is 0.317 e. The summed E-state index contributed by atoms with van der Waals surface area (Å²) in [5.74, 6) is 0.0319. The topological polar surface area (TPSA) is 87.2 Å². The van der Waals surface area contributed by atoms with Crippen molar-refractivity contribution in [1.29, 1.82) is 0 Å². The van der Waals surface area contributed by atoms with Crippen molar-refractivity contribution in [3.05, 3.63) is 29.3 Å². The number of ether oxygens (including phenoxy) is 1. The molecule has 8 heteroatoms. The first-order valence-electron chi connectivity index (χ1n) is 8.85. The average Bonchev–Trinajstić information content (AvgIpc) is 2.88. The fourth-order valence-corrected chi connectivity index (χ4v) is 5.87. The molecule has 0 bridgehead atoms. The summed E-state index contributed by atoms with van der Waals surface area (Å²) in [6.07, 6.45) is 0. The number of fused-ring (bicyclic) bond motifs is 1. The zero-order valence-electron chi connectivity index (χ0n) is 15.2. The lowest BCUT2D eigenvalue weighted by molar-refractivity contribution is -0.139. The molecule has 1 N–H and O–H groups in total. The molecule has 1 aromatic carbocycles. The van der Waals surface area contributed by atoms with Crippen LogP contribution in [0.1, 0.15) is 11.1 Å². The molecule has 0 spiro atoms. The van der Waals surface area contributed by atoms with Crippen LogP contribution in [0, 0.1) is 13.8 Å². The third-order valence-corrected chi connectivity index (χ3v) is 7.07. The maximum atomic E-state index is 12.1. The second-order valence-electron chi connectivity index (χ2n) is 7.21. The lowest BCUT2D eigenvalue weighted by Crippen LogP contribution is -2.60. The van der Waals surface area contributed by atoms with Crippen molar-refractivity contribution < 1.29 is 23.1 Å². The summed E-state index contributed by atoms with van der Waals surface area (Å²) >= 11 is 0. The van der Waals surface area contributed by atoms with E-state index in [1.807, 2.05) is 25.1 Å². The first-order chi connectivity index (χ1) is 12.2. The van der Waals surface area contributed by atoms with E-state index in [9.17, 15) is 13.2 Å². The van der Waals surface area contributed by atoms with Gasteiger partial charge < -0.3 is 9.84 Å². The standard InChI is InChI=1S/C18H26N2O5S/c1-13-3-4-15(9-14(13)2)25-8-7-19-5-6-20(10-18(21)22)17-12-26(23,24)11-16(17)19/h3-4,9,16-17H,5-8,10-12H2,1-2H3,(H,21,22)/t16-,17+/m0/s1. The minimum Gasteiger partial charge on any atom is -0.492 e. The average molecular weight is 382 g/mol. The predicted molar refractivity (Wildman–Crippen MR) is 98.4 cm³/mol. The highest BCUT2D eigenvalue weighted by Crippen LogP contribution is 2.26. The van der Waals surface area contributed by atoms with Gasteiger partial charge in [0.1, 0.15) is 12.4 Å². The van der Waals surface area contributed by atoms with Gasteiger partial charge in [-0.15, -0.1) is 0 Å². The predicted octanol–water partition coefficient (Wildman–Crippen LogP) is 0.550. The Morgan fingerprint density at radius 2 is 1.81 bits per heavy atom. The van der Waals surface area contributed by atoms with Gasteiger partial charge in [-0.2, -0.15) is 0 Å². The molecule has 1 aromatic rings. The first kappa shape index (κ1) is 19.1. The summed E-state index contributed by atoms with van der Waals surface area (Å²) in [5.41, 5.74) is 2.39. The minimum atomic E-state index is -3.14. The van der Waals surface area contributed by atoms with Gasteiger partial charge in [-0.3, -0.25) is 14.6 Å². The van der Waals surface area contributed by atoms with E-state index in [0.717, 1.165) is 5.75 Å². The van der Waals surface area contributed by atoms with Crippen LogP contribution in [-0.4, -0.2) is 85.7 Å². The van der Waals surface area contributed by atoms with Crippen molar-refractivity contribution in [3.8, 4) is 5.75 Å². The van der Waals surface area contributed by atoms with Gasteiger partial charge in [0, 0.05) is 31.7 Å². The van der Waals surface area contributed by atoms with Crippen molar-refractivity contribution in [2.24, 2.45) is 0 Å². The van der Waals surface area contributed by atoms with Crippen LogP contribution in [0.15, 0.2) is 18.2 Å². The molecule has 0 aliphatic carbocycles. The lowest BCUT2D eigenvalue weighted by atomic mass is 10.0. The van der Waals surface area contributed by atoms with Gasteiger partial charge in [0.15, 0.2) is 9.84 Å². The molecule has 26 heavy (non-hydrogen) atoms. The van der Waals surface area contributed by atoms with E-state index < -0.39 is 15.8 Å². The number of carboxylic acids is 1. The molecule has 2 fully saturated rings. The number of sulfone groups is 1. The normalized spacial score (nSPS) is 25.8. The number of aliphatic carboxylic acids is 1. The Morgan fingerprint density at radius 3 is 2.46 bits per heavy atom. The smallest absolute Gasteiger partial charge is 0.317 e. The fourth-order valence-electron chi connectivity index (χ4n) is 3.83. The zero-order valence-corrected chi connectivity index (χ0v) is 16.0. The van der Waals surface area contributed by atoms with Crippen LogP contribution in [0.2, 0.25) is 0 Å². The van der Waals surface area contributed by atoms with E-state index in [1.165, 1.54) is 11.1 Å². The van der Waals surface area contributed by atoms with Crippen molar-refractivity contribution in [1.82, 2.24) is 9.80 Å². The molecule has 2 aliphatic heterocycles. The van der Waals surface area contributed by atoms with Gasteiger partial charge in [0.05, 0.1) is 18.1 Å². The molecule has 0 amide bonds. The van der Waals surface area contributed by atoms with E-state index in [2.05, 4.69) is 11.8 Å². The Kier molecular flexibility index (Phi) is 5.55. The van der Waals surface area contributed by atoms with E-state index in [-0.39, 0.29) is 30.1 Å². The Hall–Kier alpha value is -1.64. The Morgan fingerprint density at radius 1 is 1.15 bits per heavy atom. The molecular weight excluding hydrogens is 356 g/mol. The third-order valence-electron chi connectivity index (χ3n) is 5.37. The Bertz CT molecular complexity index is 780. The number of rotatable bonds is 6. The fraction of sp³-hybridized carbons (Fsp3) is 0.611. The van der Waals surface area contributed by atoms with Crippen LogP contribution in [0.3, 0.4) is 0 Å². The molecule has 2 saturated heterocycles. The highest BCUT2D eigenvalue weighted by atomic mass is 32.2. The molecular formula is C18H26N2O5S. The highest BCUT2D eigenvalue weighted by Gasteiger charge is 2.46. The van der Waals surface area contributed by atoms with E-state index in [4.69, 9.17) is 9.84 Å². The second kappa shape index (κ2) is 7.54. The Balaban J connectivity index is 1.61.